The van der Waals surface area contributed by atoms with Gasteiger partial charge in [-0.05, 0) is 18.8 Å². The Balaban J connectivity index is 2.05. The van der Waals surface area contributed by atoms with Gasteiger partial charge in [-0.25, -0.2) is 0 Å². The smallest absolute Gasteiger partial charge is 0.378 e. The van der Waals surface area contributed by atoms with Crippen LogP contribution in [0.3, 0.4) is 0 Å². The summed E-state index contributed by atoms with van der Waals surface area (Å²) >= 11 is 0. The molecule has 15 heavy (non-hydrogen) atoms. The van der Waals surface area contributed by atoms with Crippen LogP contribution in [0.25, 0.3) is 0 Å². The minimum absolute atomic E-state index is 0.442. The maximum atomic E-state index is 12.1. The molecule has 1 unspecified atom stereocenters. The van der Waals surface area contributed by atoms with Crippen LogP contribution in [0, 0.1) is 5.92 Å². The highest BCUT2D eigenvalue weighted by Gasteiger charge is 2.41. The van der Waals surface area contributed by atoms with Gasteiger partial charge in [0.15, 0.2) is 6.10 Å². The Morgan fingerprint density at radius 3 is 2.73 bits per heavy atom. The third-order valence-corrected chi connectivity index (χ3v) is 2.29. The summed E-state index contributed by atoms with van der Waals surface area (Å²) in [5, 5.41) is 15.7. The van der Waals surface area contributed by atoms with E-state index < -0.39 is 18.0 Å². The molecule has 0 spiro atoms. The van der Waals surface area contributed by atoms with Gasteiger partial charge in [0.05, 0.1) is 6.20 Å². The number of alkyl halides is 3. The molecule has 1 aromatic heterocycles. The van der Waals surface area contributed by atoms with Crippen molar-refractivity contribution >= 4 is 0 Å². The summed E-state index contributed by atoms with van der Waals surface area (Å²) in [7, 11) is 0. The fraction of sp³-hybridized carbons (Fsp3) is 0.750. The Kier molecular flexibility index (Phi) is 2.41. The van der Waals surface area contributed by atoms with Crippen LogP contribution in [0.4, 0.5) is 13.2 Å². The lowest BCUT2D eigenvalue weighted by Gasteiger charge is -2.10. The van der Waals surface area contributed by atoms with E-state index in [9.17, 15) is 13.2 Å². The van der Waals surface area contributed by atoms with Gasteiger partial charge in [-0.3, -0.25) is 4.68 Å². The quantitative estimate of drug-likeness (QED) is 0.836. The van der Waals surface area contributed by atoms with Crippen LogP contribution in [-0.2, 0) is 6.54 Å². The lowest BCUT2D eigenvalue weighted by atomic mass is 10.3. The monoisotopic (exact) mass is 221 g/mol. The third kappa shape index (κ3) is 2.47. The zero-order valence-electron chi connectivity index (χ0n) is 7.78. The van der Waals surface area contributed by atoms with E-state index in [1.807, 2.05) is 0 Å². The highest BCUT2D eigenvalue weighted by atomic mass is 19.4. The molecule has 2 rings (SSSR count). The Morgan fingerprint density at radius 1 is 1.53 bits per heavy atom. The molecule has 0 amide bonds. The van der Waals surface area contributed by atoms with Gasteiger partial charge in [-0.2, -0.15) is 13.2 Å². The molecule has 0 saturated heterocycles. The molecule has 1 heterocycles. The normalized spacial score (nSPS) is 19.2. The molecule has 4 nitrogen and oxygen atoms in total. The number of nitrogens with zero attached hydrogens (tertiary/aromatic N) is 3. The number of rotatable bonds is 3. The van der Waals surface area contributed by atoms with E-state index in [2.05, 4.69) is 10.3 Å². The van der Waals surface area contributed by atoms with Gasteiger partial charge in [-0.15, -0.1) is 5.10 Å². The molecular weight excluding hydrogens is 211 g/mol. The van der Waals surface area contributed by atoms with Gasteiger partial charge >= 0.3 is 6.18 Å². The largest absolute Gasteiger partial charge is 0.420 e. The number of aliphatic hydroxyl groups excluding tert-OH is 1. The van der Waals surface area contributed by atoms with Gasteiger partial charge in [0.25, 0.3) is 0 Å². The molecule has 7 heteroatoms. The zero-order valence-corrected chi connectivity index (χ0v) is 7.78. The number of halogens is 3. The molecule has 1 saturated carbocycles. The summed E-state index contributed by atoms with van der Waals surface area (Å²) in [6.45, 7) is 0.581. The van der Waals surface area contributed by atoms with Crippen molar-refractivity contribution in [1.82, 2.24) is 15.0 Å². The van der Waals surface area contributed by atoms with E-state index in [1.165, 1.54) is 4.68 Å². The highest BCUT2D eigenvalue weighted by molar-refractivity contribution is 5.00. The van der Waals surface area contributed by atoms with E-state index in [4.69, 9.17) is 5.11 Å². The first-order chi connectivity index (χ1) is 6.97. The van der Waals surface area contributed by atoms with Crippen molar-refractivity contribution in [2.45, 2.75) is 31.7 Å². The summed E-state index contributed by atoms with van der Waals surface area (Å²) in [4.78, 5) is 0. The molecule has 0 aliphatic heterocycles. The molecule has 0 bridgehead atoms. The van der Waals surface area contributed by atoms with Crippen molar-refractivity contribution in [3.8, 4) is 0 Å². The summed E-state index contributed by atoms with van der Waals surface area (Å²) in [6.07, 6.45) is -3.91. The Morgan fingerprint density at radius 2 is 2.20 bits per heavy atom. The van der Waals surface area contributed by atoms with Gasteiger partial charge in [-0.1, -0.05) is 5.21 Å². The Bertz CT molecular complexity index is 345. The van der Waals surface area contributed by atoms with Crippen molar-refractivity contribution in [3.63, 3.8) is 0 Å². The predicted octanol–water partition coefficient (Wildman–Crippen LogP) is 1.28. The third-order valence-electron chi connectivity index (χ3n) is 2.29. The van der Waals surface area contributed by atoms with E-state index in [0.717, 1.165) is 19.0 Å². The highest BCUT2D eigenvalue weighted by Crippen LogP contribution is 2.32. The summed E-state index contributed by atoms with van der Waals surface area (Å²) in [5.74, 6) is 0.502. The Labute approximate surface area is 83.7 Å². The van der Waals surface area contributed by atoms with Crippen LogP contribution in [0.1, 0.15) is 24.6 Å². The Hall–Kier alpha value is -1.11. The summed E-state index contributed by atoms with van der Waals surface area (Å²) in [6, 6.07) is 0. The minimum atomic E-state index is -4.68. The second-order valence-corrected chi connectivity index (χ2v) is 3.75. The molecule has 1 atom stereocenters. The second kappa shape index (κ2) is 3.48. The van der Waals surface area contributed by atoms with Gasteiger partial charge in [0, 0.05) is 6.54 Å². The van der Waals surface area contributed by atoms with Crippen molar-refractivity contribution in [2.24, 2.45) is 5.92 Å². The fourth-order valence-corrected chi connectivity index (χ4v) is 1.26. The summed E-state index contributed by atoms with van der Waals surface area (Å²) < 4.78 is 37.6. The van der Waals surface area contributed by atoms with Crippen molar-refractivity contribution in [2.75, 3.05) is 0 Å². The second-order valence-electron chi connectivity index (χ2n) is 3.75. The van der Waals surface area contributed by atoms with E-state index in [-0.39, 0.29) is 0 Å². The van der Waals surface area contributed by atoms with Crippen molar-refractivity contribution in [1.29, 1.82) is 0 Å². The van der Waals surface area contributed by atoms with Crippen LogP contribution >= 0.6 is 0 Å². The SMILES string of the molecule is OC(c1cn(CC2CC2)nn1)C(F)(F)F. The van der Waals surface area contributed by atoms with Crippen LogP contribution < -0.4 is 0 Å². The van der Waals surface area contributed by atoms with Gasteiger partial charge in [0.1, 0.15) is 5.69 Å². The van der Waals surface area contributed by atoms with Crippen molar-refractivity contribution in [3.05, 3.63) is 11.9 Å². The maximum absolute atomic E-state index is 12.1. The first-order valence-electron chi connectivity index (χ1n) is 4.61. The van der Waals surface area contributed by atoms with Gasteiger partial charge in [0.2, 0.25) is 0 Å². The standard InChI is InChI=1S/C8H10F3N3O/c9-8(10,11)7(15)6-4-14(13-12-6)3-5-1-2-5/h4-5,7,15H,1-3H2. The van der Waals surface area contributed by atoms with E-state index >= 15 is 0 Å². The van der Waals surface area contributed by atoms with Gasteiger partial charge < -0.3 is 5.11 Å². The molecule has 0 aromatic carbocycles. The first-order valence-corrected chi connectivity index (χ1v) is 4.61. The number of aliphatic hydroxyl groups is 1. The maximum Gasteiger partial charge on any atom is 0.420 e. The molecule has 1 N–H and O–H groups in total. The zero-order chi connectivity index (χ0) is 11.1. The average Bonchev–Trinajstić information content (AvgIpc) is 2.80. The van der Waals surface area contributed by atoms with Crippen molar-refractivity contribution < 1.29 is 18.3 Å². The van der Waals surface area contributed by atoms with Crippen LogP contribution in [0.5, 0.6) is 0 Å². The topological polar surface area (TPSA) is 50.9 Å². The molecular formula is C8H10F3N3O. The van der Waals surface area contributed by atoms with E-state index in [1.54, 1.807) is 0 Å². The average molecular weight is 221 g/mol. The number of hydrogen-bond donors (Lipinski definition) is 1. The first kappa shape index (κ1) is 10.4. The summed E-state index contributed by atoms with van der Waals surface area (Å²) in [5.41, 5.74) is -0.442. The van der Waals surface area contributed by atoms with Crippen LogP contribution in [-0.4, -0.2) is 26.3 Å². The lowest BCUT2D eigenvalue weighted by Crippen LogP contribution is -2.20. The molecule has 1 aromatic rings. The molecule has 1 aliphatic rings. The lowest BCUT2D eigenvalue weighted by molar-refractivity contribution is -0.208. The number of hydrogen-bond acceptors (Lipinski definition) is 3. The number of aromatic nitrogens is 3. The van der Waals surface area contributed by atoms with Crippen LogP contribution in [0.15, 0.2) is 6.20 Å². The van der Waals surface area contributed by atoms with Crippen LogP contribution in [0.2, 0.25) is 0 Å². The molecule has 1 fully saturated rings. The minimum Gasteiger partial charge on any atom is -0.378 e. The van der Waals surface area contributed by atoms with E-state index in [0.29, 0.717) is 12.5 Å². The predicted molar refractivity (Wildman–Crippen MR) is 43.8 cm³/mol. The molecule has 84 valence electrons. The fourth-order valence-electron chi connectivity index (χ4n) is 1.26. The molecule has 1 aliphatic carbocycles. The molecule has 0 radical (unpaired) electrons.